The summed E-state index contributed by atoms with van der Waals surface area (Å²) < 4.78 is 5.16. The van der Waals surface area contributed by atoms with Crippen molar-refractivity contribution in [3.05, 3.63) is 48.5 Å². The summed E-state index contributed by atoms with van der Waals surface area (Å²) >= 11 is 0. The Kier molecular flexibility index (Phi) is 4.55. The van der Waals surface area contributed by atoms with Gasteiger partial charge in [0.15, 0.2) is 0 Å². The molecule has 0 bridgehead atoms. The Hall–Kier alpha value is -2.56. The number of anilines is 2. The van der Waals surface area contributed by atoms with E-state index in [1.807, 2.05) is 47.4 Å². The van der Waals surface area contributed by atoms with Crippen molar-refractivity contribution in [2.24, 2.45) is 5.73 Å². The van der Waals surface area contributed by atoms with E-state index in [2.05, 4.69) is 4.98 Å². The van der Waals surface area contributed by atoms with E-state index in [9.17, 15) is 0 Å². The van der Waals surface area contributed by atoms with Crippen LogP contribution in [0.1, 0.15) is 6.42 Å². The molecule has 20 heavy (non-hydrogen) atoms. The molecule has 3 N–H and O–H groups in total. The van der Waals surface area contributed by atoms with Gasteiger partial charge in [-0.25, -0.2) is 0 Å². The summed E-state index contributed by atoms with van der Waals surface area (Å²) in [7, 11) is 1.59. The standard InChI is InChI=1S/C15H18N4O/c1-20-15-9-5-8-14(18-15)19(11-10-13(16)17)12-6-3-2-4-7-12/h2-9H,10-11H2,1H3,(H3,16,17). The SMILES string of the molecule is COc1cccc(N(CCC(=N)N)c2ccccc2)n1. The smallest absolute Gasteiger partial charge is 0.214 e. The van der Waals surface area contributed by atoms with E-state index in [4.69, 9.17) is 15.9 Å². The van der Waals surface area contributed by atoms with Crippen LogP contribution in [-0.4, -0.2) is 24.5 Å². The molecule has 0 fully saturated rings. The van der Waals surface area contributed by atoms with Gasteiger partial charge in [0.05, 0.1) is 12.9 Å². The average molecular weight is 270 g/mol. The van der Waals surface area contributed by atoms with Gasteiger partial charge in [0, 0.05) is 24.7 Å². The van der Waals surface area contributed by atoms with Gasteiger partial charge in [0.1, 0.15) is 5.82 Å². The molecule has 0 aliphatic heterocycles. The predicted molar refractivity (Wildman–Crippen MR) is 80.8 cm³/mol. The monoisotopic (exact) mass is 270 g/mol. The topological polar surface area (TPSA) is 75.2 Å². The van der Waals surface area contributed by atoms with Gasteiger partial charge in [-0.2, -0.15) is 4.98 Å². The van der Waals surface area contributed by atoms with Gasteiger partial charge >= 0.3 is 0 Å². The molecule has 0 amide bonds. The lowest BCUT2D eigenvalue weighted by atomic mass is 10.2. The lowest BCUT2D eigenvalue weighted by molar-refractivity contribution is 0.398. The van der Waals surface area contributed by atoms with E-state index >= 15 is 0 Å². The quantitative estimate of drug-likeness (QED) is 0.625. The number of nitrogens with zero attached hydrogens (tertiary/aromatic N) is 2. The van der Waals surface area contributed by atoms with Crippen molar-refractivity contribution < 1.29 is 4.74 Å². The molecule has 1 aromatic heterocycles. The number of ether oxygens (including phenoxy) is 1. The van der Waals surface area contributed by atoms with Crippen molar-refractivity contribution in [3.8, 4) is 5.88 Å². The van der Waals surface area contributed by atoms with Crippen LogP contribution in [0.3, 0.4) is 0 Å². The maximum atomic E-state index is 7.40. The molecular formula is C15H18N4O. The van der Waals surface area contributed by atoms with Gasteiger partial charge in [0.25, 0.3) is 0 Å². The Morgan fingerprint density at radius 2 is 1.95 bits per heavy atom. The number of amidine groups is 1. The number of nitrogens with one attached hydrogen (secondary N) is 1. The van der Waals surface area contributed by atoms with E-state index in [-0.39, 0.29) is 5.84 Å². The number of nitrogens with two attached hydrogens (primary N) is 1. The molecule has 2 rings (SSSR count). The first-order chi connectivity index (χ1) is 9.70. The van der Waals surface area contributed by atoms with Gasteiger partial charge in [-0.15, -0.1) is 0 Å². The van der Waals surface area contributed by atoms with E-state index in [1.165, 1.54) is 0 Å². The second-order valence-electron chi connectivity index (χ2n) is 4.30. The fourth-order valence-corrected chi connectivity index (χ4v) is 1.88. The summed E-state index contributed by atoms with van der Waals surface area (Å²) in [6, 6.07) is 15.5. The molecular weight excluding hydrogens is 252 g/mol. The fraction of sp³-hybridized carbons (Fsp3) is 0.200. The van der Waals surface area contributed by atoms with Gasteiger partial charge in [-0.1, -0.05) is 24.3 Å². The van der Waals surface area contributed by atoms with Crippen molar-refractivity contribution in [2.75, 3.05) is 18.6 Å². The van der Waals surface area contributed by atoms with Gasteiger partial charge in [0.2, 0.25) is 5.88 Å². The number of hydrogen-bond donors (Lipinski definition) is 2. The molecule has 5 nitrogen and oxygen atoms in total. The molecule has 1 aromatic carbocycles. The summed E-state index contributed by atoms with van der Waals surface area (Å²) in [5.74, 6) is 1.50. The second-order valence-corrected chi connectivity index (χ2v) is 4.30. The minimum atomic E-state index is 0.161. The Bertz CT molecular complexity index is 571. The molecule has 0 saturated carbocycles. The lowest BCUT2D eigenvalue weighted by Gasteiger charge is -2.24. The van der Waals surface area contributed by atoms with Gasteiger partial charge in [-0.05, 0) is 18.2 Å². The van der Waals surface area contributed by atoms with Crippen LogP contribution < -0.4 is 15.4 Å². The fourth-order valence-electron chi connectivity index (χ4n) is 1.88. The highest BCUT2D eigenvalue weighted by Gasteiger charge is 2.11. The number of rotatable bonds is 6. The molecule has 2 aromatic rings. The van der Waals surface area contributed by atoms with Crippen LogP contribution in [0.25, 0.3) is 0 Å². The molecule has 0 aliphatic carbocycles. The number of para-hydroxylation sites is 1. The Labute approximate surface area is 118 Å². The van der Waals surface area contributed by atoms with Crippen LogP contribution in [0.4, 0.5) is 11.5 Å². The minimum Gasteiger partial charge on any atom is -0.481 e. The Morgan fingerprint density at radius 3 is 2.60 bits per heavy atom. The third-order valence-corrected chi connectivity index (χ3v) is 2.87. The van der Waals surface area contributed by atoms with Crippen LogP contribution in [-0.2, 0) is 0 Å². The van der Waals surface area contributed by atoms with Crippen molar-refractivity contribution in [3.63, 3.8) is 0 Å². The summed E-state index contributed by atoms with van der Waals surface area (Å²) in [6.07, 6.45) is 0.480. The largest absolute Gasteiger partial charge is 0.481 e. The van der Waals surface area contributed by atoms with Crippen molar-refractivity contribution in [1.82, 2.24) is 4.98 Å². The zero-order valence-corrected chi connectivity index (χ0v) is 11.4. The average Bonchev–Trinajstić information content (AvgIpc) is 2.48. The molecule has 0 aliphatic rings. The third kappa shape index (κ3) is 3.47. The predicted octanol–water partition coefficient (Wildman–Crippen LogP) is 2.55. The summed E-state index contributed by atoms with van der Waals surface area (Å²) in [5, 5.41) is 7.40. The number of hydrogen-bond acceptors (Lipinski definition) is 4. The third-order valence-electron chi connectivity index (χ3n) is 2.87. The highest BCUT2D eigenvalue weighted by molar-refractivity contribution is 5.78. The van der Waals surface area contributed by atoms with Crippen LogP contribution in [0.15, 0.2) is 48.5 Å². The normalized spacial score (nSPS) is 10.1. The summed E-state index contributed by atoms with van der Waals surface area (Å²) in [6.45, 7) is 0.597. The maximum Gasteiger partial charge on any atom is 0.214 e. The van der Waals surface area contributed by atoms with Gasteiger partial charge in [-0.3, -0.25) is 5.41 Å². The first-order valence-electron chi connectivity index (χ1n) is 6.37. The zero-order valence-electron chi connectivity index (χ0n) is 11.4. The summed E-state index contributed by atoms with van der Waals surface area (Å²) in [4.78, 5) is 6.46. The Morgan fingerprint density at radius 1 is 1.20 bits per heavy atom. The molecule has 1 heterocycles. The van der Waals surface area contributed by atoms with Crippen LogP contribution in [0.2, 0.25) is 0 Å². The maximum absolute atomic E-state index is 7.40. The number of methoxy groups -OCH3 is 1. The van der Waals surface area contributed by atoms with Crippen molar-refractivity contribution >= 4 is 17.3 Å². The molecule has 104 valence electrons. The first kappa shape index (κ1) is 13.9. The number of pyridine rings is 1. The van der Waals surface area contributed by atoms with E-state index in [0.29, 0.717) is 18.8 Å². The second kappa shape index (κ2) is 6.56. The van der Waals surface area contributed by atoms with Gasteiger partial charge < -0.3 is 15.4 Å². The highest BCUT2D eigenvalue weighted by atomic mass is 16.5. The highest BCUT2D eigenvalue weighted by Crippen LogP contribution is 2.25. The number of aromatic nitrogens is 1. The van der Waals surface area contributed by atoms with E-state index in [0.717, 1.165) is 11.5 Å². The van der Waals surface area contributed by atoms with E-state index in [1.54, 1.807) is 13.2 Å². The molecule has 0 radical (unpaired) electrons. The molecule has 5 heteroatoms. The minimum absolute atomic E-state index is 0.161. The van der Waals surface area contributed by atoms with Crippen LogP contribution >= 0.6 is 0 Å². The van der Waals surface area contributed by atoms with Crippen molar-refractivity contribution in [2.45, 2.75) is 6.42 Å². The van der Waals surface area contributed by atoms with E-state index < -0.39 is 0 Å². The molecule has 0 atom stereocenters. The molecule has 0 unspecified atom stereocenters. The molecule has 0 saturated heterocycles. The van der Waals surface area contributed by atoms with Crippen molar-refractivity contribution in [1.29, 1.82) is 5.41 Å². The van der Waals surface area contributed by atoms with Crippen LogP contribution in [0, 0.1) is 5.41 Å². The zero-order chi connectivity index (χ0) is 14.4. The Balaban J connectivity index is 2.32. The summed E-state index contributed by atoms with van der Waals surface area (Å²) in [5.41, 5.74) is 6.47. The first-order valence-corrected chi connectivity index (χ1v) is 6.37. The number of benzene rings is 1. The molecule has 0 spiro atoms. The van der Waals surface area contributed by atoms with Crippen LogP contribution in [0.5, 0.6) is 5.88 Å². The lowest BCUT2D eigenvalue weighted by Crippen LogP contribution is -2.24.